The summed E-state index contributed by atoms with van der Waals surface area (Å²) >= 11 is 1.64. The van der Waals surface area contributed by atoms with Gasteiger partial charge in [0, 0.05) is 25.5 Å². The van der Waals surface area contributed by atoms with Gasteiger partial charge in [-0.05, 0) is 25.2 Å². The first-order valence-corrected chi connectivity index (χ1v) is 6.83. The van der Waals surface area contributed by atoms with Gasteiger partial charge in [0.25, 0.3) is 0 Å². The quantitative estimate of drug-likeness (QED) is 0.681. The Kier molecular flexibility index (Phi) is 7.13. The van der Waals surface area contributed by atoms with Gasteiger partial charge < -0.3 is 10.6 Å². The van der Waals surface area contributed by atoms with E-state index in [0.717, 1.165) is 18.7 Å². The van der Waals surface area contributed by atoms with Gasteiger partial charge in [-0.3, -0.25) is 4.79 Å². The highest BCUT2D eigenvalue weighted by Gasteiger charge is 1.99. The van der Waals surface area contributed by atoms with E-state index in [1.54, 1.807) is 30.2 Å². The molecular weight excluding hydrogens is 236 g/mol. The second-order valence-corrected chi connectivity index (χ2v) is 4.46. The topological polar surface area (TPSA) is 66.9 Å². The molecule has 94 valence electrons. The number of nitrogens with zero attached hydrogens (tertiary/aromatic N) is 2. The van der Waals surface area contributed by atoms with Crippen LogP contribution < -0.4 is 10.6 Å². The average molecular weight is 254 g/mol. The third-order valence-electron chi connectivity index (χ3n) is 1.92. The second-order valence-electron chi connectivity index (χ2n) is 3.36. The lowest BCUT2D eigenvalue weighted by atomic mass is 10.5. The first-order chi connectivity index (χ1) is 8.33. The fourth-order valence-electron chi connectivity index (χ4n) is 1.18. The predicted molar refractivity (Wildman–Crippen MR) is 71.1 cm³/mol. The van der Waals surface area contributed by atoms with Crippen LogP contribution in [0.3, 0.4) is 0 Å². The summed E-state index contributed by atoms with van der Waals surface area (Å²) in [4.78, 5) is 19.2. The zero-order valence-electron chi connectivity index (χ0n) is 9.98. The van der Waals surface area contributed by atoms with Crippen molar-refractivity contribution in [3.63, 3.8) is 0 Å². The number of hydrogen-bond acceptors (Lipinski definition) is 5. The summed E-state index contributed by atoms with van der Waals surface area (Å²) in [5.74, 6) is 2.25. The molecule has 5 nitrogen and oxygen atoms in total. The van der Waals surface area contributed by atoms with Crippen LogP contribution in [0.4, 0.5) is 5.95 Å². The van der Waals surface area contributed by atoms with Gasteiger partial charge in [0.05, 0.1) is 5.75 Å². The third kappa shape index (κ3) is 6.78. The van der Waals surface area contributed by atoms with Crippen molar-refractivity contribution >= 4 is 23.6 Å². The molecule has 0 unspecified atom stereocenters. The number of anilines is 1. The largest absolute Gasteiger partial charge is 0.356 e. The van der Waals surface area contributed by atoms with Crippen molar-refractivity contribution < 1.29 is 4.79 Å². The standard InChI is InChI=1S/C11H18N4OS/c1-2-12-10(16)9-17-8-4-7-15-11-13-5-3-6-14-11/h3,5-6H,2,4,7-9H2,1H3,(H,12,16)(H,13,14,15). The molecule has 0 aliphatic heterocycles. The Hall–Kier alpha value is -1.30. The third-order valence-corrected chi connectivity index (χ3v) is 2.97. The maximum atomic E-state index is 11.1. The van der Waals surface area contributed by atoms with Crippen LogP contribution in [0.5, 0.6) is 0 Å². The SMILES string of the molecule is CCNC(=O)CSCCCNc1ncccn1. The summed E-state index contributed by atoms with van der Waals surface area (Å²) in [7, 11) is 0. The summed E-state index contributed by atoms with van der Waals surface area (Å²) in [6.45, 7) is 3.45. The predicted octanol–water partition coefficient (Wildman–Crippen LogP) is 1.15. The van der Waals surface area contributed by atoms with Crippen LogP contribution in [0.2, 0.25) is 0 Å². The molecule has 17 heavy (non-hydrogen) atoms. The van der Waals surface area contributed by atoms with E-state index >= 15 is 0 Å². The molecule has 1 aromatic heterocycles. The molecule has 0 aliphatic rings. The number of aromatic nitrogens is 2. The molecule has 0 radical (unpaired) electrons. The summed E-state index contributed by atoms with van der Waals surface area (Å²) in [6, 6.07) is 1.79. The van der Waals surface area contributed by atoms with E-state index in [-0.39, 0.29) is 5.91 Å². The lowest BCUT2D eigenvalue weighted by molar-refractivity contribution is -0.118. The van der Waals surface area contributed by atoms with Crippen molar-refractivity contribution in [3.8, 4) is 0 Å². The molecule has 0 saturated carbocycles. The van der Waals surface area contributed by atoms with E-state index in [1.807, 2.05) is 6.92 Å². The minimum atomic E-state index is 0.108. The Morgan fingerprint density at radius 2 is 2.18 bits per heavy atom. The van der Waals surface area contributed by atoms with E-state index in [4.69, 9.17) is 0 Å². The molecule has 1 heterocycles. The lowest BCUT2D eigenvalue weighted by Crippen LogP contribution is -2.24. The first kappa shape index (κ1) is 13.8. The molecule has 6 heteroatoms. The van der Waals surface area contributed by atoms with Gasteiger partial charge in [-0.25, -0.2) is 9.97 Å². The van der Waals surface area contributed by atoms with E-state index < -0.39 is 0 Å². The normalized spacial score (nSPS) is 9.94. The van der Waals surface area contributed by atoms with Crippen molar-refractivity contribution in [2.75, 3.05) is 29.9 Å². The Morgan fingerprint density at radius 1 is 1.41 bits per heavy atom. The molecule has 0 aliphatic carbocycles. The highest BCUT2D eigenvalue weighted by molar-refractivity contribution is 7.99. The fourth-order valence-corrected chi connectivity index (χ4v) is 1.96. The summed E-state index contributed by atoms with van der Waals surface area (Å²) in [5, 5.41) is 5.89. The maximum Gasteiger partial charge on any atom is 0.229 e. The summed E-state index contributed by atoms with van der Waals surface area (Å²) < 4.78 is 0. The van der Waals surface area contributed by atoms with E-state index in [1.165, 1.54) is 0 Å². The number of hydrogen-bond donors (Lipinski definition) is 2. The zero-order chi connectivity index (χ0) is 12.3. The minimum Gasteiger partial charge on any atom is -0.356 e. The van der Waals surface area contributed by atoms with Crippen LogP contribution in [0, 0.1) is 0 Å². The summed E-state index contributed by atoms with van der Waals surface area (Å²) in [5.41, 5.74) is 0. The fraction of sp³-hybridized carbons (Fsp3) is 0.545. The van der Waals surface area contributed by atoms with Gasteiger partial charge >= 0.3 is 0 Å². The van der Waals surface area contributed by atoms with Gasteiger partial charge in [0.15, 0.2) is 0 Å². The van der Waals surface area contributed by atoms with Crippen LogP contribution in [0.15, 0.2) is 18.5 Å². The molecular formula is C11H18N4OS. The number of thioether (sulfide) groups is 1. The highest BCUT2D eigenvalue weighted by atomic mass is 32.2. The lowest BCUT2D eigenvalue weighted by Gasteiger charge is -2.04. The molecule has 0 fully saturated rings. The van der Waals surface area contributed by atoms with Gasteiger partial charge in [0.2, 0.25) is 11.9 Å². The van der Waals surface area contributed by atoms with Crippen molar-refractivity contribution in [1.82, 2.24) is 15.3 Å². The molecule has 2 N–H and O–H groups in total. The average Bonchev–Trinajstić information content (AvgIpc) is 2.35. The number of carbonyl (C=O) groups excluding carboxylic acids is 1. The van der Waals surface area contributed by atoms with Gasteiger partial charge in [-0.1, -0.05) is 0 Å². The highest BCUT2D eigenvalue weighted by Crippen LogP contribution is 2.02. The van der Waals surface area contributed by atoms with E-state index in [9.17, 15) is 4.79 Å². The Labute approximate surface area is 106 Å². The monoisotopic (exact) mass is 254 g/mol. The van der Waals surface area contributed by atoms with Crippen molar-refractivity contribution in [1.29, 1.82) is 0 Å². The molecule has 1 aromatic rings. The number of nitrogens with one attached hydrogen (secondary N) is 2. The van der Waals surface area contributed by atoms with Crippen molar-refractivity contribution in [3.05, 3.63) is 18.5 Å². The molecule has 0 bridgehead atoms. The molecule has 1 amide bonds. The Morgan fingerprint density at radius 3 is 2.88 bits per heavy atom. The second kappa shape index (κ2) is 8.81. The van der Waals surface area contributed by atoms with Crippen LogP contribution in [0.1, 0.15) is 13.3 Å². The van der Waals surface area contributed by atoms with Crippen molar-refractivity contribution in [2.45, 2.75) is 13.3 Å². The smallest absolute Gasteiger partial charge is 0.229 e. The number of rotatable bonds is 8. The Bertz CT molecular complexity index is 321. The molecule has 1 rings (SSSR count). The van der Waals surface area contributed by atoms with Crippen molar-refractivity contribution in [2.24, 2.45) is 0 Å². The van der Waals surface area contributed by atoms with Crippen LogP contribution in [-0.2, 0) is 4.79 Å². The van der Waals surface area contributed by atoms with Crippen LogP contribution in [0.25, 0.3) is 0 Å². The first-order valence-electron chi connectivity index (χ1n) is 5.68. The number of amides is 1. The summed E-state index contributed by atoms with van der Waals surface area (Å²) in [6.07, 6.45) is 4.40. The van der Waals surface area contributed by atoms with E-state index in [2.05, 4.69) is 20.6 Å². The van der Waals surface area contributed by atoms with Gasteiger partial charge in [0.1, 0.15) is 0 Å². The van der Waals surface area contributed by atoms with Crippen LogP contribution >= 0.6 is 11.8 Å². The van der Waals surface area contributed by atoms with E-state index in [0.29, 0.717) is 18.2 Å². The van der Waals surface area contributed by atoms with Gasteiger partial charge in [-0.2, -0.15) is 11.8 Å². The molecule has 0 saturated heterocycles. The molecule has 0 aromatic carbocycles. The number of carbonyl (C=O) groups is 1. The van der Waals surface area contributed by atoms with Crippen LogP contribution in [-0.4, -0.2) is 40.5 Å². The minimum absolute atomic E-state index is 0.108. The maximum absolute atomic E-state index is 11.1. The van der Waals surface area contributed by atoms with Gasteiger partial charge in [-0.15, -0.1) is 0 Å². The Balaban J connectivity index is 1.96. The molecule has 0 spiro atoms. The zero-order valence-corrected chi connectivity index (χ0v) is 10.8. The molecule has 0 atom stereocenters.